The van der Waals surface area contributed by atoms with E-state index in [9.17, 15) is 15.3 Å². The Labute approximate surface area is 260 Å². The maximum absolute atomic E-state index is 11.1. The first-order valence-electron chi connectivity index (χ1n) is 15.8. The van der Waals surface area contributed by atoms with Crippen LogP contribution in [-0.2, 0) is 18.3 Å². The number of hydrogen-bond donors (Lipinski definition) is 3. The number of fused-ring (bicyclic) bond motifs is 1. The molecule has 0 saturated carbocycles. The molecule has 7 nitrogen and oxygen atoms in total. The second-order valence-electron chi connectivity index (χ2n) is 14.8. The van der Waals surface area contributed by atoms with Gasteiger partial charge in [-0.05, 0) is 46.4 Å². The molecule has 7 atom stereocenters. The number of benzene rings is 2. The number of hydrogen-bond acceptors (Lipinski definition) is 7. The monoisotopic (exact) mass is 630 g/mol. The predicted molar refractivity (Wildman–Crippen MR) is 176 cm³/mol. The SMILES string of the molecule is CC(C)(C)[Si](C)(C)O[C@H]1C[C@H]2O[C@@H](CCO)[C@H](O)[C@@H](O)[C@@H]2O[C@@H]1CCO[Si](c1ccccc1)(c1ccccc1)C(C)(C)C. The van der Waals surface area contributed by atoms with Crippen LogP contribution in [0, 0.1) is 0 Å². The van der Waals surface area contributed by atoms with E-state index in [4.69, 9.17) is 18.3 Å². The highest BCUT2D eigenvalue weighted by atomic mass is 28.4. The molecule has 2 aromatic rings. The van der Waals surface area contributed by atoms with Crippen molar-refractivity contribution in [2.45, 2.75) is 127 Å². The zero-order chi connectivity index (χ0) is 31.6. The third kappa shape index (κ3) is 7.21. The maximum Gasteiger partial charge on any atom is 0.261 e. The van der Waals surface area contributed by atoms with Gasteiger partial charge in [-0.25, -0.2) is 0 Å². The molecule has 4 rings (SSSR count). The van der Waals surface area contributed by atoms with E-state index in [1.165, 1.54) is 10.4 Å². The summed E-state index contributed by atoms with van der Waals surface area (Å²) in [6.07, 6.45) is -3.19. The highest BCUT2D eigenvalue weighted by Crippen LogP contribution is 2.42. The Morgan fingerprint density at radius 3 is 1.81 bits per heavy atom. The van der Waals surface area contributed by atoms with Crippen molar-refractivity contribution in [2.75, 3.05) is 13.2 Å². The Hall–Kier alpha value is -1.41. The molecular weight excluding hydrogens is 577 g/mol. The molecule has 0 unspecified atom stereocenters. The quantitative estimate of drug-likeness (QED) is 0.336. The summed E-state index contributed by atoms with van der Waals surface area (Å²) in [5.74, 6) is 0. The van der Waals surface area contributed by atoms with Gasteiger partial charge in [-0.15, -0.1) is 0 Å². The Kier molecular flexibility index (Phi) is 10.8. The summed E-state index contributed by atoms with van der Waals surface area (Å²) < 4.78 is 27.0. The molecule has 3 N–H and O–H groups in total. The molecule has 0 aromatic heterocycles. The Bertz CT molecular complexity index is 1110. The molecule has 0 radical (unpaired) electrons. The van der Waals surface area contributed by atoms with E-state index >= 15 is 0 Å². The normalized spacial score (nSPS) is 28.9. The fraction of sp³-hybridized carbons (Fsp3) is 0.647. The van der Waals surface area contributed by atoms with Gasteiger partial charge in [0.15, 0.2) is 8.32 Å². The minimum Gasteiger partial charge on any atom is -0.411 e. The zero-order valence-electron chi connectivity index (χ0n) is 27.3. The van der Waals surface area contributed by atoms with E-state index in [2.05, 4.69) is 103 Å². The molecule has 43 heavy (non-hydrogen) atoms. The van der Waals surface area contributed by atoms with E-state index in [0.717, 1.165) is 0 Å². The molecule has 2 fully saturated rings. The van der Waals surface area contributed by atoms with Crippen LogP contribution in [0.4, 0.5) is 0 Å². The lowest BCUT2D eigenvalue weighted by Gasteiger charge is -2.51. The first-order chi connectivity index (χ1) is 20.1. The second kappa shape index (κ2) is 13.5. The molecule has 0 spiro atoms. The first-order valence-corrected chi connectivity index (χ1v) is 20.6. The van der Waals surface area contributed by atoms with Gasteiger partial charge in [0.2, 0.25) is 0 Å². The van der Waals surface area contributed by atoms with Crippen LogP contribution >= 0.6 is 0 Å². The highest BCUT2D eigenvalue weighted by molar-refractivity contribution is 6.99. The minimum absolute atomic E-state index is 0.00235. The van der Waals surface area contributed by atoms with Crippen molar-refractivity contribution < 1.29 is 33.6 Å². The van der Waals surface area contributed by atoms with Gasteiger partial charge in [-0.3, -0.25) is 0 Å². The second-order valence-corrected chi connectivity index (χ2v) is 23.9. The van der Waals surface area contributed by atoms with E-state index in [1.807, 2.05) is 12.1 Å². The lowest BCUT2D eigenvalue weighted by Crippen LogP contribution is -2.67. The zero-order valence-corrected chi connectivity index (χ0v) is 29.3. The van der Waals surface area contributed by atoms with Crippen molar-refractivity contribution in [2.24, 2.45) is 0 Å². The smallest absolute Gasteiger partial charge is 0.261 e. The summed E-state index contributed by atoms with van der Waals surface area (Å²) in [6, 6.07) is 21.2. The summed E-state index contributed by atoms with van der Waals surface area (Å²) in [7, 11) is -4.92. The summed E-state index contributed by atoms with van der Waals surface area (Å²) in [5, 5.41) is 33.7. The van der Waals surface area contributed by atoms with Crippen LogP contribution < -0.4 is 10.4 Å². The Balaban J connectivity index is 1.63. The third-order valence-electron chi connectivity index (χ3n) is 9.80. The Morgan fingerprint density at radius 2 is 1.33 bits per heavy atom. The van der Waals surface area contributed by atoms with Gasteiger partial charge in [-0.1, -0.05) is 102 Å². The third-order valence-corrected chi connectivity index (χ3v) is 19.3. The van der Waals surface area contributed by atoms with Crippen LogP contribution in [0.1, 0.15) is 60.8 Å². The molecule has 240 valence electrons. The minimum atomic E-state index is -2.74. The summed E-state index contributed by atoms with van der Waals surface area (Å²) in [6.45, 7) is 18.3. The van der Waals surface area contributed by atoms with Crippen molar-refractivity contribution >= 4 is 27.0 Å². The fourth-order valence-corrected chi connectivity index (χ4v) is 12.4. The molecule has 0 bridgehead atoms. The van der Waals surface area contributed by atoms with Gasteiger partial charge in [0.25, 0.3) is 8.32 Å². The summed E-state index contributed by atoms with van der Waals surface area (Å²) in [5.41, 5.74) is 0. The van der Waals surface area contributed by atoms with E-state index in [1.54, 1.807) is 0 Å². The van der Waals surface area contributed by atoms with Gasteiger partial charge in [0.05, 0.1) is 24.4 Å². The fourth-order valence-electron chi connectivity index (χ4n) is 6.43. The van der Waals surface area contributed by atoms with Crippen molar-refractivity contribution in [1.82, 2.24) is 0 Å². The molecule has 2 saturated heterocycles. The van der Waals surface area contributed by atoms with Crippen molar-refractivity contribution in [1.29, 1.82) is 0 Å². The van der Waals surface area contributed by atoms with E-state index < -0.39 is 47.2 Å². The lowest BCUT2D eigenvalue weighted by atomic mass is 9.87. The van der Waals surface area contributed by atoms with E-state index in [0.29, 0.717) is 19.4 Å². The number of aliphatic hydroxyl groups is 3. The predicted octanol–water partition coefficient (Wildman–Crippen LogP) is 4.37. The van der Waals surface area contributed by atoms with Crippen LogP contribution in [0.25, 0.3) is 0 Å². The molecule has 0 amide bonds. The maximum atomic E-state index is 11.1. The Morgan fingerprint density at radius 1 is 0.767 bits per heavy atom. The van der Waals surface area contributed by atoms with Crippen LogP contribution in [0.2, 0.25) is 23.2 Å². The molecule has 2 heterocycles. The largest absolute Gasteiger partial charge is 0.411 e. The van der Waals surface area contributed by atoms with Crippen LogP contribution in [0.3, 0.4) is 0 Å². The average molecular weight is 631 g/mol. The van der Waals surface area contributed by atoms with Crippen LogP contribution in [0.15, 0.2) is 60.7 Å². The van der Waals surface area contributed by atoms with Crippen molar-refractivity contribution in [3.8, 4) is 0 Å². The van der Waals surface area contributed by atoms with Gasteiger partial charge < -0.3 is 33.6 Å². The van der Waals surface area contributed by atoms with Crippen molar-refractivity contribution in [3.63, 3.8) is 0 Å². The molecule has 2 aliphatic heterocycles. The van der Waals surface area contributed by atoms with Crippen LogP contribution in [0.5, 0.6) is 0 Å². The molecule has 2 aliphatic rings. The lowest BCUT2D eigenvalue weighted by molar-refractivity contribution is -0.281. The van der Waals surface area contributed by atoms with Gasteiger partial charge in [0, 0.05) is 19.6 Å². The number of ether oxygens (including phenoxy) is 2. The molecule has 9 heteroatoms. The van der Waals surface area contributed by atoms with E-state index in [-0.39, 0.29) is 35.3 Å². The summed E-state index contributed by atoms with van der Waals surface area (Å²) >= 11 is 0. The molecular formula is C34H54O7Si2. The first kappa shape index (κ1) is 34.5. The standard InChI is InChI=1S/C34H54O7Si2/c1-33(2,3)42(7,8)41-28-23-29-32(31(37)30(36)27(39-29)19-21-35)40-26(28)20-22-38-43(34(4,5)6,24-15-11-9-12-16-24)25-17-13-10-14-18-25/h9-18,26-32,35-37H,19-23H2,1-8H3/t26-,27+,28+,29-,30+,31-,32-/m1/s1. The van der Waals surface area contributed by atoms with Crippen molar-refractivity contribution in [3.05, 3.63) is 60.7 Å². The molecule has 2 aromatic carbocycles. The van der Waals surface area contributed by atoms with Crippen LogP contribution in [-0.4, -0.2) is 87.9 Å². The number of rotatable bonds is 10. The molecule has 0 aliphatic carbocycles. The number of aliphatic hydroxyl groups excluding tert-OH is 3. The van der Waals surface area contributed by atoms with Gasteiger partial charge in [0.1, 0.15) is 18.3 Å². The summed E-state index contributed by atoms with van der Waals surface area (Å²) in [4.78, 5) is 0. The van der Waals surface area contributed by atoms with Gasteiger partial charge in [-0.2, -0.15) is 0 Å². The highest BCUT2D eigenvalue weighted by Gasteiger charge is 2.53. The van der Waals surface area contributed by atoms with Gasteiger partial charge >= 0.3 is 0 Å². The average Bonchev–Trinajstić information content (AvgIpc) is 2.94. The topological polar surface area (TPSA) is 97.6 Å².